The number of carboxylic acid groups (broad SMARTS) is 1. The molecular formula is C27H32N8O10S2. The van der Waals surface area contributed by atoms with Gasteiger partial charge in [-0.15, -0.1) is 15.6 Å². The smallest absolute Gasteiger partial charge is 0.418 e. The molecule has 2 saturated heterocycles. The van der Waals surface area contributed by atoms with Crippen LogP contribution in [0, 0.1) is 0 Å². The van der Waals surface area contributed by atoms with E-state index >= 15 is 0 Å². The van der Waals surface area contributed by atoms with E-state index in [2.05, 4.69) is 35.4 Å². The summed E-state index contributed by atoms with van der Waals surface area (Å²) >= 11 is 0.962. The van der Waals surface area contributed by atoms with Crippen LogP contribution in [0.2, 0.25) is 0 Å². The summed E-state index contributed by atoms with van der Waals surface area (Å²) in [5.41, 5.74) is 4.39. The number of benzene rings is 1. The van der Waals surface area contributed by atoms with Crippen molar-refractivity contribution in [1.82, 2.24) is 25.7 Å². The Hall–Kier alpha value is -4.63. The Bertz CT molecular complexity index is 1810. The number of nitrogens with zero attached hydrogens (tertiary/aromatic N) is 4. The van der Waals surface area contributed by atoms with Crippen LogP contribution in [0.25, 0.3) is 10.9 Å². The molecule has 252 valence electrons. The highest BCUT2D eigenvalue weighted by molar-refractivity contribution is 7.80. The minimum Gasteiger partial charge on any atom is -0.489 e. The number of carbonyl (C=O) groups excluding carboxylic acids is 2. The number of anilines is 2. The van der Waals surface area contributed by atoms with E-state index in [1.165, 1.54) is 19.2 Å². The minimum absolute atomic E-state index is 0.0615. The fraction of sp³-hybridized carbons (Fsp3) is 0.407. The lowest BCUT2D eigenvalue weighted by Gasteiger charge is -2.50. The summed E-state index contributed by atoms with van der Waals surface area (Å²) in [5, 5.41) is 25.2. The Kier molecular flexibility index (Phi) is 9.77. The first kappa shape index (κ1) is 33.7. The topological polar surface area (TPSA) is 257 Å². The second kappa shape index (κ2) is 13.6. The zero-order chi connectivity index (χ0) is 33.9. The summed E-state index contributed by atoms with van der Waals surface area (Å²) in [7, 11) is -5.02. The molecule has 7 N–H and O–H groups in total. The van der Waals surface area contributed by atoms with Crippen molar-refractivity contribution in [2.24, 2.45) is 5.16 Å². The molecule has 1 aromatic carbocycles. The first-order chi connectivity index (χ1) is 22.2. The molecule has 0 unspecified atom stereocenters. The van der Waals surface area contributed by atoms with Crippen molar-refractivity contribution < 1.29 is 46.3 Å². The first-order valence-corrected chi connectivity index (χ1v) is 16.5. The van der Waals surface area contributed by atoms with E-state index in [9.17, 15) is 27.9 Å². The maximum Gasteiger partial charge on any atom is 0.418 e. The van der Waals surface area contributed by atoms with Crippen LogP contribution >= 0.6 is 11.3 Å². The van der Waals surface area contributed by atoms with Gasteiger partial charge < -0.3 is 36.4 Å². The Morgan fingerprint density at radius 1 is 1.23 bits per heavy atom. The standard InChI is InChI=1S/C27H32N8O10S2/c1-27(2)22(24(37)35(27)45-47(40,41)42)33-23(36)21(18-13-46-26(28)32-18)34-44-19(25(38)39)12-43-16-4-5-17-14(11-16)3-6-20(31-17)30-15-7-9-29-10-8-15/h3-6,11,13,15,19,22,29H,7-10,12H2,1-2H3,(H2,28,32)(H,30,31)(H,33,36)(H,38,39)(H,40,41,42)/b34-21-/t19-,22+/m0/s1. The predicted octanol–water partition coefficient (Wildman–Crippen LogP) is 0.530. The van der Waals surface area contributed by atoms with Gasteiger partial charge in [-0.25, -0.2) is 14.8 Å². The number of fused-ring (bicyclic) bond motifs is 1. The molecule has 0 bridgehead atoms. The van der Waals surface area contributed by atoms with Gasteiger partial charge in [-0.3, -0.25) is 14.1 Å². The van der Waals surface area contributed by atoms with Gasteiger partial charge in [-0.2, -0.15) is 13.5 Å². The normalized spacial score (nSPS) is 19.1. The number of carbonyl (C=O) groups is 3. The van der Waals surface area contributed by atoms with E-state index in [4.69, 9.17) is 19.9 Å². The molecule has 2 fully saturated rings. The van der Waals surface area contributed by atoms with Crippen molar-refractivity contribution in [1.29, 1.82) is 0 Å². The molecule has 18 nitrogen and oxygen atoms in total. The number of aliphatic carboxylic acids is 1. The van der Waals surface area contributed by atoms with Gasteiger partial charge in [0.05, 0.1) is 11.1 Å². The third kappa shape index (κ3) is 8.03. The number of amides is 2. The number of rotatable bonds is 13. The third-order valence-corrected chi connectivity index (χ3v) is 8.41. The Morgan fingerprint density at radius 2 is 1.98 bits per heavy atom. The SMILES string of the molecule is CC1(C)[C@H](NC(=O)/C(=N\O[C@@H](COc2ccc3nc(NC4CCNCC4)ccc3c2)C(=O)O)c2csc(N)n2)C(=O)N1OS(=O)(=O)O. The van der Waals surface area contributed by atoms with E-state index < -0.39 is 58.2 Å². The molecule has 2 aliphatic rings. The molecule has 4 heterocycles. The quantitative estimate of drug-likeness (QED) is 0.0618. The summed E-state index contributed by atoms with van der Waals surface area (Å²) in [4.78, 5) is 51.6. The second-order valence-electron chi connectivity index (χ2n) is 11.2. The molecule has 5 rings (SSSR count). The fourth-order valence-corrected chi connectivity index (χ4v) is 5.91. The first-order valence-electron chi connectivity index (χ1n) is 14.2. The molecule has 0 radical (unpaired) electrons. The zero-order valence-corrected chi connectivity index (χ0v) is 26.7. The van der Waals surface area contributed by atoms with Crippen molar-refractivity contribution >= 4 is 67.1 Å². The van der Waals surface area contributed by atoms with Gasteiger partial charge >= 0.3 is 16.4 Å². The highest BCUT2D eigenvalue weighted by atomic mass is 32.3. The van der Waals surface area contributed by atoms with Gasteiger partial charge in [0.15, 0.2) is 10.8 Å². The molecule has 2 aromatic heterocycles. The maximum atomic E-state index is 13.2. The van der Waals surface area contributed by atoms with Crippen LogP contribution in [-0.4, -0.2) is 100 Å². The van der Waals surface area contributed by atoms with E-state index in [1.54, 1.807) is 18.2 Å². The predicted molar refractivity (Wildman–Crippen MR) is 168 cm³/mol. The van der Waals surface area contributed by atoms with Crippen molar-refractivity contribution in [3.63, 3.8) is 0 Å². The largest absolute Gasteiger partial charge is 0.489 e. The van der Waals surface area contributed by atoms with Crippen molar-refractivity contribution in [3.05, 3.63) is 41.4 Å². The van der Waals surface area contributed by atoms with E-state index in [1.807, 2.05) is 12.1 Å². The fourth-order valence-electron chi connectivity index (χ4n) is 4.90. The summed E-state index contributed by atoms with van der Waals surface area (Å²) in [6.45, 7) is 4.12. The number of nitrogens with one attached hydrogen (secondary N) is 3. The number of nitrogen functional groups attached to an aromatic ring is 1. The summed E-state index contributed by atoms with van der Waals surface area (Å²) < 4.78 is 41.1. The van der Waals surface area contributed by atoms with E-state index in [0.717, 1.165) is 48.5 Å². The van der Waals surface area contributed by atoms with Gasteiger partial charge in [-0.05, 0) is 70.1 Å². The number of thiazole rings is 1. The molecule has 2 amide bonds. The lowest BCUT2D eigenvalue weighted by Crippen LogP contribution is -2.76. The number of aromatic nitrogens is 2. The molecule has 47 heavy (non-hydrogen) atoms. The van der Waals surface area contributed by atoms with Crippen LogP contribution < -0.4 is 26.4 Å². The molecule has 3 aromatic rings. The number of pyridine rings is 1. The van der Waals surface area contributed by atoms with E-state index in [0.29, 0.717) is 22.4 Å². The number of oxime groups is 1. The Labute approximate surface area is 272 Å². The second-order valence-corrected chi connectivity index (χ2v) is 13.1. The number of nitrogens with two attached hydrogens (primary N) is 1. The molecule has 0 saturated carbocycles. The molecule has 2 atom stereocenters. The number of β-lactam (4-membered cyclic amide) rings is 1. The molecule has 0 spiro atoms. The van der Waals surface area contributed by atoms with Crippen LogP contribution in [0.3, 0.4) is 0 Å². The number of piperidine rings is 1. The number of ether oxygens (including phenoxy) is 1. The van der Waals surface area contributed by atoms with Crippen molar-refractivity contribution in [3.8, 4) is 5.75 Å². The third-order valence-electron chi connectivity index (χ3n) is 7.40. The minimum atomic E-state index is -5.02. The van der Waals surface area contributed by atoms with Crippen molar-refractivity contribution in [2.45, 2.75) is 50.4 Å². The van der Waals surface area contributed by atoms with Gasteiger partial charge in [0.2, 0.25) is 0 Å². The van der Waals surface area contributed by atoms with Gasteiger partial charge in [0.25, 0.3) is 17.9 Å². The lowest BCUT2D eigenvalue weighted by molar-refractivity contribution is -0.218. The molecule has 2 aliphatic heterocycles. The highest BCUT2D eigenvalue weighted by Crippen LogP contribution is 2.33. The summed E-state index contributed by atoms with van der Waals surface area (Å²) in [5.74, 6) is -2.36. The Morgan fingerprint density at radius 3 is 2.62 bits per heavy atom. The van der Waals surface area contributed by atoms with Crippen LogP contribution in [0.5, 0.6) is 5.75 Å². The molecular weight excluding hydrogens is 660 g/mol. The lowest BCUT2D eigenvalue weighted by atomic mass is 9.84. The zero-order valence-electron chi connectivity index (χ0n) is 25.1. The highest BCUT2D eigenvalue weighted by Gasteiger charge is 2.58. The van der Waals surface area contributed by atoms with Crippen LogP contribution in [-0.2, 0) is 33.9 Å². The average molecular weight is 693 g/mol. The number of carboxylic acids is 1. The van der Waals surface area contributed by atoms with E-state index in [-0.39, 0.29) is 10.8 Å². The number of hydrogen-bond donors (Lipinski definition) is 6. The monoisotopic (exact) mass is 692 g/mol. The maximum absolute atomic E-state index is 13.2. The number of hydroxylamine groups is 2. The summed E-state index contributed by atoms with van der Waals surface area (Å²) in [6.07, 6.45) is 0.318. The molecule has 20 heteroatoms. The van der Waals surface area contributed by atoms with Crippen LogP contribution in [0.15, 0.2) is 40.9 Å². The van der Waals surface area contributed by atoms with Gasteiger partial charge in [0.1, 0.15) is 29.9 Å². The summed E-state index contributed by atoms with van der Waals surface area (Å²) in [6, 6.07) is 7.83. The number of hydrogen-bond acceptors (Lipinski definition) is 15. The van der Waals surface area contributed by atoms with Gasteiger partial charge in [0, 0.05) is 16.8 Å². The average Bonchev–Trinajstić information content (AvgIpc) is 3.45. The Balaban J connectivity index is 1.26. The van der Waals surface area contributed by atoms with Crippen molar-refractivity contribution in [2.75, 3.05) is 30.7 Å². The molecule has 0 aliphatic carbocycles. The van der Waals surface area contributed by atoms with Gasteiger partial charge in [-0.1, -0.05) is 5.16 Å². The van der Waals surface area contributed by atoms with Crippen LogP contribution in [0.4, 0.5) is 10.9 Å². The van der Waals surface area contributed by atoms with Crippen LogP contribution in [0.1, 0.15) is 32.4 Å².